The summed E-state index contributed by atoms with van der Waals surface area (Å²) in [6, 6.07) is 55.1. The third-order valence-electron chi connectivity index (χ3n) is 17.7. The van der Waals surface area contributed by atoms with Crippen molar-refractivity contribution < 1.29 is 184 Å². The fourth-order valence-corrected chi connectivity index (χ4v) is 13.2. The molecule has 9 heterocycles. The normalized spacial score (nSPS) is 10.9. The number of hydrogen-bond acceptors (Lipinski definition) is 20. The summed E-state index contributed by atoms with van der Waals surface area (Å²) in [6.07, 6.45) is 20.5. The largest absolute Gasteiger partial charge is 1.00 e. The minimum absolute atomic E-state index is 0. The van der Waals surface area contributed by atoms with E-state index in [0.717, 1.165) is 5.39 Å². The number of aromatic nitrogens is 12. The zero-order valence-electron chi connectivity index (χ0n) is 73.9. The van der Waals surface area contributed by atoms with Crippen molar-refractivity contribution in [3.8, 4) is 65.5 Å². The number of para-hydroxylation sites is 3. The molecular weight excluding hydrogens is 2050 g/mol. The van der Waals surface area contributed by atoms with Crippen molar-refractivity contribution in [2.75, 3.05) is 17.2 Å². The van der Waals surface area contributed by atoms with Gasteiger partial charge in [0.15, 0.2) is 34.4 Å². The first-order chi connectivity index (χ1) is 59.9. The van der Waals surface area contributed by atoms with Gasteiger partial charge in [-0.2, -0.15) is 5.26 Å². The number of nitrogens with one attached hydrogen (secondary N) is 3. The number of amides is 3. The zero-order chi connectivity index (χ0) is 92.0. The van der Waals surface area contributed by atoms with Gasteiger partial charge in [0.25, 0.3) is 40.9 Å². The fourth-order valence-electron chi connectivity index (χ4n) is 12.5. The Balaban J connectivity index is 0.000000445. The first kappa shape index (κ1) is 110. The minimum Gasteiger partial charge on any atom is -1.00 e. The van der Waals surface area contributed by atoms with Crippen LogP contribution in [0.4, 0.5) is 17.5 Å². The molecule has 6 aromatic carbocycles. The number of benzene rings is 6. The number of pyridine rings is 3. The van der Waals surface area contributed by atoms with Crippen LogP contribution >= 0.6 is 30.7 Å². The molecule has 0 aliphatic heterocycles. The maximum Gasteiger partial charge on any atom is 1.00 e. The number of nitrogen functional groups attached to an aromatic ring is 3. The second-order valence-electron chi connectivity index (χ2n) is 28.4. The predicted octanol–water partition coefficient (Wildman–Crippen LogP) is 8.76. The number of halogens is 3. The number of anilines is 3. The van der Waals surface area contributed by atoms with Gasteiger partial charge in [-0.1, -0.05) is 168 Å². The monoisotopic (exact) mass is 2140 g/mol. The van der Waals surface area contributed by atoms with Crippen LogP contribution in [0.5, 0.6) is 0 Å². The van der Waals surface area contributed by atoms with Gasteiger partial charge in [-0.05, 0) is 128 Å². The van der Waals surface area contributed by atoms with E-state index in [1.807, 2.05) is 166 Å². The quantitative estimate of drug-likeness (QED) is 0.0157. The molecule has 0 radical (unpaired) electrons. The van der Waals surface area contributed by atoms with Gasteiger partial charge >= 0.3 is 173 Å². The van der Waals surface area contributed by atoms with Gasteiger partial charge in [-0.15, -0.1) is 39.2 Å². The van der Waals surface area contributed by atoms with Crippen molar-refractivity contribution in [3.05, 3.63) is 308 Å². The third kappa shape index (κ3) is 28.1. The second kappa shape index (κ2) is 53.1. The Morgan fingerprint density at radius 2 is 0.805 bits per heavy atom. The van der Waals surface area contributed by atoms with Crippen LogP contribution in [-0.2, 0) is 25.6 Å². The van der Waals surface area contributed by atoms with Crippen LogP contribution in [0.3, 0.4) is 0 Å². The Morgan fingerprint density at radius 3 is 1.09 bits per heavy atom. The van der Waals surface area contributed by atoms with Crippen LogP contribution in [0, 0.1) is 66.4 Å². The van der Waals surface area contributed by atoms with E-state index >= 15 is 0 Å². The van der Waals surface area contributed by atoms with Gasteiger partial charge in [0.1, 0.15) is 32.8 Å². The number of fused-ring (bicyclic) bond motifs is 6. The van der Waals surface area contributed by atoms with E-state index in [9.17, 15) is 28.8 Å². The molecule has 652 valence electrons. The van der Waals surface area contributed by atoms with Gasteiger partial charge in [0.05, 0.1) is 45.4 Å². The molecule has 0 unspecified atom stereocenters. The summed E-state index contributed by atoms with van der Waals surface area (Å²) >= 11 is 6.26. The molecule has 0 spiro atoms. The molecule has 15 aromatic rings. The molecule has 0 bridgehead atoms. The number of terminal acetylenes is 2. The van der Waals surface area contributed by atoms with E-state index < -0.39 is 52.0 Å². The summed E-state index contributed by atoms with van der Waals surface area (Å²) in [5.74, 6) is 4.79. The molecule has 0 fully saturated rings. The predicted molar refractivity (Wildman–Crippen MR) is 500 cm³/mol. The molecule has 3 amide bonds. The van der Waals surface area contributed by atoms with E-state index in [2.05, 4.69) is 120 Å². The van der Waals surface area contributed by atoms with E-state index in [0.29, 0.717) is 94.2 Å². The van der Waals surface area contributed by atoms with Crippen LogP contribution in [0.25, 0.3) is 66.3 Å². The smallest absolute Gasteiger partial charge is 1.00 e. The van der Waals surface area contributed by atoms with Crippen molar-refractivity contribution in [2.24, 2.45) is 0 Å². The van der Waals surface area contributed by atoms with Crippen LogP contribution in [0.1, 0.15) is 120 Å². The molecule has 0 aliphatic carbocycles. The standard InChI is InChI=1S/C29H28N6O2Si.C26H20N6O2.C24H19ClN6O2.C5H10Si.C2H3N.C2H6.CHN.CH2O3.CH3.2ClH.2Cs.Pd.H/c1-19(32-28(36)25-26(30)33-34-16-9-15-31-27(25)34)23-18-21-11-8-10-20(14-17-38(2,3)4)24(21)29(37)35(23)22-12-6-5-7-13-22;1-3-17-9-7-10-18-15-20(32(26(34)21(17)18)19-11-5-4-6-12-19)16(2)29-25(33)22-23(27)30-31-14-8-13-28-24(22)31;1-14(28-23(32)20-21(26)29-30-12-6-11-27-22(20)30)18-13-15-7-5-10-17(25)19(15)24(33)31(18)16-8-3-2-4-9-16;1-5-6(2,3)4;1-2-3;2*1-2;2-1-4-3;;;;;;;/h5-13,15-16,18-19H,1-4H3,(H2,30,33)(H,32,36);1,4-16H,2H3,(H2,27,30)(H,29,33);2-14H,1H3,(H2,26,29)(H,28,32);1H,2-4H3;1H3;1-2H3;1H;1,3H;1H3;2*1H;;;;/q;;;;;;;;-1;;;2*+1;+2;-1/p-3/t19-;16-;14-;;;;;;;;;;;;/m000............/s1. The first-order valence-corrected chi connectivity index (χ1v) is 49.4. The number of rotatable bonds is 13. The second-order valence-corrected chi connectivity index (χ2v) is 40.7. The molecule has 37 heteroatoms. The Bertz CT molecular complexity index is 6810. The average Bonchev–Trinajstić information content (AvgIpc) is 1.59. The van der Waals surface area contributed by atoms with E-state index in [-0.39, 0.29) is 220 Å². The number of carbonyl (C=O) groups excluding carboxylic acids is 4. The molecule has 29 nitrogen and oxygen atoms in total. The molecule has 0 saturated heterocycles. The Hall–Kier alpha value is -10.2. The molecular formula is C91H92Cl3Cs2N20O9PdSi2-. The first-order valence-electron chi connectivity index (χ1n) is 38.1. The van der Waals surface area contributed by atoms with Gasteiger partial charge in [-0.25, -0.2) is 33.8 Å². The Kier molecular flexibility index (Phi) is 45.6. The zero-order valence-corrected chi connectivity index (χ0v) is 91.3. The Labute approximate surface area is 882 Å². The summed E-state index contributed by atoms with van der Waals surface area (Å²) in [5.41, 5.74) is 30.1. The number of hydrogen-bond donors (Lipinski definition) is 6. The van der Waals surface area contributed by atoms with Gasteiger partial charge in [-0.3, -0.25) is 47.3 Å². The number of nitrogens with zero attached hydrogens (tertiary/aromatic N) is 14. The maximum atomic E-state index is 14.1. The van der Waals surface area contributed by atoms with Crippen LogP contribution in [0.15, 0.2) is 234 Å². The minimum atomic E-state index is -1.66. The van der Waals surface area contributed by atoms with E-state index in [1.165, 1.54) is 20.5 Å². The van der Waals surface area contributed by atoms with Crippen molar-refractivity contribution in [3.63, 3.8) is 0 Å². The summed E-state index contributed by atoms with van der Waals surface area (Å²) in [7, 11) is 6.86. The number of nitriles is 2. The molecule has 9 aromatic heterocycles. The van der Waals surface area contributed by atoms with Crippen molar-refractivity contribution in [1.82, 2.24) is 73.4 Å². The fraction of sp³-hybridized carbons (Fsp3) is 0.165. The topological polar surface area (TPSA) is 419 Å². The summed E-state index contributed by atoms with van der Waals surface area (Å²) in [4.78, 5) is 105. The molecule has 128 heavy (non-hydrogen) atoms. The van der Waals surface area contributed by atoms with Crippen molar-refractivity contribution >= 4 is 138 Å². The molecule has 9 N–H and O–H groups in total. The number of nitrogens with two attached hydrogens (primary N) is 3. The molecule has 3 atom stereocenters. The Morgan fingerprint density at radius 1 is 0.523 bits per heavy atom. The van der Waals surface area contributed by atoms with Gasteiger partial charge < -0.3 is 52.1 Å². The average molecular weight is 2140 g/mol. The van der Waals surface area contributed by atoms with Gasteiger partial charge in [0, 0.05) is 95.9 Å². The molecule has 15 rings (SSSR count). The van der Waals surface area contributed by atoms with Crippen molar-refractivity contribution in [2.45, 2.75) is 99.0 Å². The summed E-state index contributed by atoms with van der Waals surface area (Å²) in [5, 5.41) is 47.6. The van der Waals surface area contributed by atoms with Crippen LogP contribution in [0.2, 0.25) is 44.3 Å². The van der Waals surface area contributed by atoms with E-state index in [1.54, 1.807) is 107 Å². The molecule has 0 saturated carbocycles. The number of carbonyl (C=O) groups is 4. The van der Waals surface area contributed by atoms with Crippen LogP contribution in [-0.4, -0.2) is 97.8 Å². The van der Waals surface area contributed by atoms with Crippen LogP contribution < -0.4 is 193 Å². The summed E-state index contributed by atoms with van der Waals surface area (Å²) in [6.45, 7) is 27.1. The van der Waals surface area contributed by atoms with Gasteiger partial charge in [0.2, 0.25) is 0 Å². The SMILES string of the molecule is C#C[Si](C)(C)C.C#Cc1cccc2cc([C@H](C)NC(=O)c3c(N)nn4cccnc34)n(-c3ccccc3)c(=O)c12.C#N.CC.CC#N.C[C@H](NC(=O)c1c(N)nn2cccnc12)c1cc2cccc(C#C[Si](C)(C)C)c2c(=O)n1-c1ccccc1.C[C@H](NC(=O)c1c(N)nn2cccnc12)c1cc2cccc(Cl)c2c(=O)n1-c1ccccc1.O=CO[O-].[CH3-].[Cl][Pd][Cl].[Cs+].[Cs+].[H-]. The maximum absolute atomic E-state index is 14.1. The summed E-state index contributed by atoms with van der Waals surface area (Å²) < 4.78 is 9.15. The van der Waals surface area contributed by atoms with Crippen molar-refractivity contribution in [1.29, 1.82) is 10.5 Å². The molecule has 0 aliphatic rings. The van der Waals surface area contributed by atoms with E-state index in [4.69, 9.17) is 81.3 Å². The third-order valence-corrected chi connectivity index (χ3v) is 19.8.